The maximum Gasteiger partial charge on any atom is 0.0715 e. The van der Waals surface area contributed by atoms with Crippen LogP contribution in [0, 0.1) is 5.41 Å². The molecule has 0 radical (unpaired) electrons. The molecule has 3 heteroatoms. The van der Waals surface area contributed by atoms with Crippen LogP contribution in [0.5, 0.6) is 0 Å². The van der Waals surface area contributed by atoms with Crippen molar-refractivity contribution in [2.75, 3.05) is 33.7 Å². The molecule has 1 aliphatic rings. The first-order chi connectivity index (χ1) is 7.30. The van der Waals surface area contributed by atoms with Crippen LogP contribution in [0.3, 0.4) is 0 Å². The van der Waals surface area contributed by atoms with Gasteiger partial charge in [-0.15, -0.1) is 0 Å². The summed E-state index contributed by atoms with van der Waals surface area (Å²) in [6, 6.07) is 0.607. The van der Waals surface area contributed by atoms with Gasteiger partial charge in [-0.3, -0.25) is 4.90 Å². The van der Waals surface area contributed by atoms with E-state index in [1.807, 2.05) is 0 Å². The van der Waals surface area contributed by atoms with Gasteiger partial charge in [0.2, 0.25) is 0 Å². The number of aliphatic hydroxyl groups excluding tert-OH is 1. The molecule has 0 aromatic rings. The van der Waals surface area contributed by atoms with Gasteiger partial charge in [0.15, 0.2) is 0 Å². The fourth-order valence-corrected chi connectivity index (χ4v) is 2.19. The summed E-state index contributed by atoms with van der Waals surface area (Å²) in [5.74, 6) is 0. The van der Waals surface area contributed by atoms with E-state index in [0.29, 0.717) is 6.04 Å². The van der Waals surface area contributed by atoms with Crippen LogP contribution in [0.25, 0.3) is 0 Å². The second-order valence-electron chi connectivity index (χ2n) is 6.38. The Kier molecular flexibility index (Phi) is 4.77. The van der Waals surface area contributed by atoms with Gasteiger partial charge in [0, 0.05) is 19.1 Å². The Morgan fingerprint density at radius 2 is 2.06 bits per heavy atom. The van der Waals surface area contributed by atoms with E-state index in [1.54, 1.807) is 0 Å². The predicted molar refractivity (Wildman–Crippen MR) is 68.6 cm³/mol. The van der Waals surface area contributed by atoms with E-state index in [9.17, 15) is 5.11 Å². The highest BCUT2D eigenvalue weighted by Gasteiger charge is 2.27. The fraction of sp³-hybridized carbons (Fsp3) is 1.00. The van der Waals surface area contributed by atoms with E-state index in [1.165, 1.54) is 19.4 Å². The highest BCUT2D eigenvalue weighted by Crippen LogP contribution is 2.21. The van der Waals surface area contributed by atoms with Gasteiger partial charge in [0.05, 0.1) is 6.10 Å². The Hall–Kier alpha value is -0.120. The van der Waals surface area contributed by atoms with Crippen molar-refractivity contribution in [3.63, 3.8) is 0 Å². The maximum atomic E-state index is 10.1. The van der Waals surface area contributed by atoms with Crippen molar-refractivity contribution in [1.82, 2.24) is 9.80 Å². The molecule has 1 aliphatic heterocycles. The molecular formula is C13H28N2O. The number of hydrogen-bond donors (Lipinski definition) is 1. The normalized spacial score (nSPS) is 26.1. The van der Waals surface area contributed by atoms with Gasteiger partial charge in [-0.1, -0.05) is 20.8 Å². The molecule has 1 saturated heterocycles. The third-order valence-corrected chi connectivity index (χ3v) is 3.68. The summed E-state index contributed by atoms with van der Waals surface area (Å²) >= 11 is 0. The summed E-state index contributed by atoms with van der Waals surface area (Å²) in [4.78, 5) is 4.71. The highest BCUT2D eigenvalue weighted by atomic mass is 16.3. The van der Waals surface area contributed by atoms with E-state index < -0.39 is 0 Å². The van der Waals surface area contributed by atoms with E-state index in [0.717, 1.165) is 13.1 Å². The minimum absolute atomic E-state index is 0.0190. The van der Waals surface area contributed by atoms with Crippen molar-refractivity contribution in [3.05, 3.63) is 0 Å². The second-order valence-corrected chi connectivity index (χ2v) is 6.38. The lowest BCUT2D eigenvalue weighted by atomic mass is 9.88. The Bertz CT molecular complexity index is 212. The lowest BCUT2D eigenvalue weighted by molar-refractivity contribution is 0.0142. The Balaban J connectivity index is 2.42. The third-order valence-electron chi connectivity index (χ3n) is 3.68. The molecule has 0 aliphatic carbocycles. The second kappa shape index (κ2) is 5.48. The van der Waals surface area contributed by atoms with Gasteiger partial charge in [0.25, 0.3) is 0 Å². The molecule has 2 unspecified atom stereocenters. The van der Waals surface area contributed by atoms with E-state index >= 15 is 0 Å². The Labute approximate surface area is 100 Å². The van der Waals surface area contributed by atoms with Gasteiger partial charge >= 0.3 is 0 Å². The molecule has 0 amide bonds. The van der Waals surface area contributed by atoms with Crippen molar-refractivity contribution in [2.45, 2.75) is 45.8 Å². The monoisotopic (exact) mass is 228 g/mol. The quantitative estimate of drug-likeness (QED) is 0.791. The number of hydrogen-bond acceptors (Lipinski definition) is 3. The van der Waals surface area contributed by atoms with Crippen molar-refractivity contribution < 1.29 is 5.11 Å². The van der Waals surface area contributed by atoms with Crippen molar-refractivity contribution in [1.29, 1.82) is 0 Å². The first kappa shape index (κ1) is 13.9. The summed E-state index contributed by atoms with van der Waals surface area (Å²) in [6.45, 7) is 9.41. The van der Waals surface area contributed by atoms with Crippen LogP contribution in [0.1, 0.15) is 33.6 Å². The van der Waals surface area contributed by atoms with E-state index in [4.69, 9.17) is 0 Å². The topological polar surface area (TPSA) is 26.7 Å². The van der Waals surface area contributed by atoms with Crippen LogP contribution < -0.4 is 0 Å². The zero-order valence-electron chi connectivity index (χ0n) is 11.5. The molecule has 1 rings (SSSR count). The van der Waals surface area contributed by atoms with Crippen LogP contribution >= 0.6 is 0 Å². The average molecular weight is 228 g/mol. The molecule has 1 heterocycles. The van der Waals surface area contributed by atoms with Gasteiger partial charge in [-0.25, -0.2) is 0 Å². The minimum atomic E-state index is -0.246. The first-order valence-electron chi connectivity index (χ1n) is 6.37. The van der Waals surface area contributed by atoms with Gasteiger partial charge < -0.3 is 10.0 Å². The van der Waals surface area contributed by atoms with Crippen molar-refractivity contribution >= 4 is 0 Å². The fourth-order valence-electron chi connectivity index (χ4n) is 2.19. The van der Waals surface area contributed by atoms with E-state index in [-0.39, 0.29) is 11.5 Å². The maximum absolute atomic E-state index is 10.1. The van der Waals surface area contributed by atoms with Gasteiger partial charge in [-0.2, -0.15) is 0 Å². The number of likely N-dealkylation sites (tertiary alicyclic amines) is 1. The summed E-state index contributed by atoms with van der Waals surface area (Å²) in [6.07, 6.45) is 2.29. The lowest BCUT2D eigenvalue weighted by Gasteiger charge is -2.38. The first-order valence-corrected chi connectivity index (χ1v) is 6.37. The number of piperidine rings is 1. The largest absolute Gasteiger partial charge is 0.391 e. The van der Waals surface area contributed by atoms with Crippen LogP contribution in [0.15, 0.2) is 0 Å². The number of rotatable bonds is 3. The number of nitrogens with zero attached hydrogens (tertiary/aromatic N) is 2. The molecule has 1 fully saturated rings. The smallest absolute Gasteiger partial charge is 0.0715 e. The molecule has 2 atom stereocenters. The van der Waals surface area contributed by atoms with Crippen LogP contribution in [-0.4, -0.2) is 60.8 Å². The highest BCUT2D eigenvalue weighted by molar-refractivity contribution is 4.82. The average Bonchev–Trinajstić information content (AvgIpc) is 2.16. The van der Waals surface area contributed by atoms with Crippen LogP contribution in [0.2, 0.25) is 0 Å². The zero-order chi connectivity index (χ0) is 12.3. The molecule has 16 heavy (non-hydrogen) atoms. The van der Waals surface area contributed by atoms with Gasteiger partial charge in [0.1, 0.15) is 0 Å². The van der Waals surface area contributed by atoms with Crippen molar-refractivity contribution in [3.8, 4) is 0 Å². The molecule has 3 nitrogen and oxygen atoms in total. The summed E-state index contributed by atoms with van der Waals surface area (Å²) < 4.78 is 0. The summed E-state index contributed by atoms with van der Waals surface area (Å²) in [5, 5.41) is 10.1. The number of likely N-dealkylation sites (N-methyl/N-ethyl adjacent to an activating group) is 2. The minimum Gasteiger partial charge on any atom is -0.391 e. The van der Waals surface area contributed by atoms with E-state index in [2.05, 4.69) is 44.7 Å². The van der Waals surface area contributed by atoms with Gasteiger partial charge in [-0.05, 0) is 38.9 Å². The molecule has 0 bridgehead atoms. The molecule has 0 spiro atoms. The third kappa shape index (κ3) is 4.04. The summed E-state index contributed by atoms with van der Waals surface area (Å²) in [5.41, 5.74) is -0.0190. The van der Waals surface area contributed by atoms with Crippen LogP contribution in [-0.2, 0) is 0 Å². The predicted octanol–water partition coefficient (Wildman–Crippen LogP) is 1.42. The Morgan fingerprint density at radius 1 is 1.44 bits per heavy atom. The zero-order valence-corrected chi connectivity index (χ0v) is 11.5. The SMILES string of the molecule is CN1CCCC(N(C)CC(O)C(C)(C)C)C1. The molecule has 0 aromatic carbocycles. The lowest BCUT2D eigenvalue weighted by Crippen LogP contribution is -2.48. The molecular weight excluding hydrogens is 200 g/mol. The number of aliphatic hydroxyl groups is 1. The Morgan fingerprint density at radius 3 is 2.56 bits per heavy atom. The standard InChI is InChI=1S/C13H28N2O/c1-13(2,3)12(16)10-15(5)11-7-6-8-14(4)9-11/h11-12,16H,6-10H2,1-5H3. The molecule has 0 saturated carbocycles. The molecule has 96 valence electrons. The van der Waals surface area contributed by atoms with Crippen molar-refractivity contribution in [2.24, 2.45) is 5.41 Å². The summed E-state index contributed by atoms with van der Waals surface area (Å²) in [7, 11) is 4.32. The van der Waals surface area contributed by atoms with Crippen LogP contribution in [0.4, 0.5) is 0 Å². The molecule has 1 N–H and O–H groups in total. The molecule has 0 aromatic heterocycles.